The Morgan fingerprint density at radius 2 is 1.57 bits per heavy atom. The molecule has 0 N–H and O–H groups in total. The van der Waals surface area contributed by atoms with Crippen molar-refractivity contribution in [1.29, 1.82) is 0 Å². The largest absolute Gasteiger partial charge is 0.327 e. The van der Waals surface area contributed by atoms with Crippen molar-refractivity contribution in [3.63, 3.8) is 0 Å². The third-order valence-electron chi connectivity index (χ3n) is 0.157. The number of halogens is 2. The van der Waals surface area contributed by atoms with Crippen molar-refractivity contribution in [2.75, 3.05) is 0 Å². The van der Waals surface area contributed by atoms with Gasteiger partial charge < -0.3 is 0 Å². The standard InChI is InChI=1S/Cl2O3S2/c1-6(3)7(2,4)5. The zero-order valence-electron chi connectivity index (χ0n) is 2.80. The molecule has 0 aliphatic rings. The van der Waals surface area contributed by atoms with E-state index in [1.54, 1.807) is 0 Å². The highest BCUT2D eigenvalue weighted by atomic mass is 35.8. The first-order valence-corrected chi connectivity index (χ1v) is 5.78. The predicted molar refractivity (Wildman–Crippen MR) is 28.8 cm³/mol. The van der Waals surface area contributed by atoms with Crippen LogP contribution in [0, 0.1) is 0 Å². The van der Waals surface area contributed by atoms with Gasteiger partial charge in [0.25, 0.3) is 0 Å². The zero-order chi connectivity index (χ0) is 6.08. The van der Waals surface area contributed by atoms with Crippen LogP contribution in [-0.2, 0) is 17.1 Å². The summed E-state index contributed by atoms with van der Waals surface area (Å²) in [6, 6.07) is 0. The Morgan fingerprint density at radius 1 is 1.43 bits per heavy atom. The summed E-state index contributed by atoms with van der Waals surface area (Å²) in [6.45, 7) is 0. The Bertz CT molecular complexity index is 165. The lowest BCUT2D eigenvalue weighted by Gasteiger charge is -1.76. The first-order chi connectivity index (χ1) is 2.94. The predicted octanol–water partition coefficient (Wildman–Crippen LogP) is 0.373. The quantitative estimate of drug-likeness (QED) is 0.436. The second-order valence-electron chi connectivity index (χ2n) is 0.587. The van der Waals surface area contributed by atoms with Gasteiger partial charge in [-0.15, -0.1) is 0 Å². The Balaban J connectivity index is 4.43. The van der Waals surface area contributed by atoms with Crippen LogP contribution in [0.4, 0.5) is 0 Å². The third-order valence-corrected chi connectivity index (χ3v) is 4.51. The minimum atomic E-state index is -4.03. The summed E-state index contributed by atoms with van der Waals surface area (Å²) in [5.41, 5.74) is 0. The van der Waals surface area contributed by atoms with Gasteiger partial charge in [0, 0.05) is 21.4 Å². The second-order valence-corrected chi connectivity index (χ2v) is 7.14. The average molecular weight is 183 g/mol. The first kappa shape index (κ1) is 7.68. The van der Waals surface area contributed by atoms with E-state index in [9.17, 15) is 12.6 Å². The van der Waals surface area contributed by atoms with E-state index in [0.29, 0.717) is 0 Å². The van der Waals surface area contributed by atoms with Crippen molar-refractivity contribution in [3.8, 4) is 0 Å². The molecule has 1 unspecified atom stereocenters. The van der Waals surface area contributed by atoms with Crippen molar-refractivity contribution < 1.29 is 12.6 Å². The van der Waals surface area contributed by atoms with E-state index >= 15 is 0 Å². The van der Waals surface area contributed by atoms with E-state index in [-0.39, 0.29) is 0 Å². The number of hydrogen-bond acceptors (Lipinski definition) is 3. The molecule has 0 aliphatic carbocycles. The Kier molecular flexibility index (Phi) is 2.52. The van der Waals surface area contributed by atoms with E-state index in [1.807, 2.05) is 0 Å². The SMILES string of the molecule is O=S(Cl)S(=O)(=O)Cl. The summed E-state index contributed by atoms with van der Waals surface area (Å²) in [7, 11) is 2.41. The molecule has 7 heteroatoms. The van der Waals surface area contributed by atoms with Crippen molar-refractivity contribution >= 4 is 38.5 Å². The molecule has 44 valence electrons. The molecule has 0 fully saturated rings. The highest BCUT2D eigenvalue weighted by Crippen LogP contribution is 2.05. The third kappa shape index (κ3) is 3.28. The van der Waals surface area contributed by atoms with E-state index in [1.165, 1.54) is 0 Å². The van der Waals surface area contributed by atoms with Crippen LogP contribution in [0.2, 0.25) is 0 Å². The maximum absolute atomic E-state index is 9.66. The lowest BCUT2D eigenvalue weighted by Crippen LogP contribution is -1.89. The van der Waals surface area contributed by atoms with Crippen LogP contribution in [0.3, 0.4) is 0 Å². The molecular weight excluding hydrogens is 183 g/mol. The van der Waals surface area contributed by atoms with Gasteiger partial charge in [0.1, 0.15) is 0 Å². The molecule has 0 saturated carbocycles. The maximum atomic E-state index is 9.66. The average Bonchev–Trinajstić information content (AvgIpc) is 1.31. The summed E-state index contributed by atoms with van der Waals surface area (Å²) in [6.07, 6.45) is 0. The van der Waals surface area contributed by atoms with Crippen molar-refractivity contribution in [1.82, 2.24) is 0 Å². The Morgan fingerprint density at radius 3 is 1.57 bits per heavy atom. The van der Waals surface area contributed by atoms with Gasteiger partial charge in [-0.05, 0) is 0 Å². The van der Waals surface area contributed by atoms with Gasteiger partial charge in [-0.3, -0.25) is 0 Å². The fraction of sp³-hybridized carbons (Fsp3) is 0. The fourth-order valence-electron chi connectivity index (χ4n) is 0. The molecule has 0 aromatic rings. The molecule has 0 aromatic carbocycles. The molecule has 0 aromatic heterocycles. The van der Waals surface area contributed by atoms with Crippen LogP contribution >= 0.6 is 21.4 Å². The topological polar surface area (TPSA) is 51.2 Å². The van der Waals surface area contributed by atoms with Crippen LogP contribution in [0.5, 0.6) is 0 Å². The van der Waals surface area contributed by atoms with Crippen LogP contribution < -0.4 is 0 Å². The molecule has 0 amide bonds. The molecule has 0 radical (unpaired) electrons. The summed E-state index contributed by atoms with van der Waals surface area (Å²) < 4.78 is 29.0. The highest BCUT2D eigenvalue weighted by Gasteiger charge is 2.11. The van der Waals surface area contributed by atoms with Gasteiger partial charge in [0.05, 0.1) is 0 Å². The van der Waals surface area contributed by atoms with E-state index in [2.05, 4.69) is 21.4 Å². The minimum absolute atomic E-state index is 2.47. The van der Waals surface area contributed by atoms with Gasteiger partial charge in [-0.1, -0.05) is 0 Å². The molecule has 3 nitrogen and oxygen atoms in total. The maximum Gasteiger partial charge on any atom is 0.327 e. The van der Waals surface area contributed by atoms with Crippen molar-refractivity contribution in [2.24, 2.45) is 0 Å². The van der Waals surface area contributed by atoms with Gasteiger partial charge in [-0.25, -0.2) is 4.21 Å². The highest BCUT2D eigenvalue weighted by molar-refractivity contribution is 8.80. The smallest absolute Gasteiger partial charge is 0.224 e. The fourth-order valence-corrected chi connectivity index (χ4v) is 0. The summed E-state index contributed by atoms with van der Waals surface area (Å²) in [5.74, 6) is 0. The molecule has 0 rings (SSSR count). The van der Waals surface area contributed by atoms with E-state index < -0.39 is 17.1 Å². The minimum Gasteiger partial charge on any atom is -0.224 e. The van der Waals surface area contributed by atoms with Crippen LogP contribution in [0.25, 0.3) is 0 Å². The lowest BCUT2D eigenvalue weighted by atomic mass is 15.9. The molecule has 0 spiro atoms. The van der Waals surface area contributed by atoms with Gasteiger partial charge in [0.2, 0.25) is 9.05 Å². The zero-order valence-corrected chi connectivity index (χ0v) is 5.94. The number of rotatable bonds is 1. The normalized spacial score (nSPS) is 16.3. The molecule has 0 aliphatic heterocycles. The summed E-state index contributed by atoms with van der Waals surface area (Å²) in [5, 5.41) is 0. The van der Waals surface area contributed by atoms with Gasteiger partial charge in [-0.2, -0.15) is 8.42 Å². The molecule has 7 heavy (non-hydrogen) atoms. The Labute approximate surface area is 51.4 Å². The second kappa shape index (κ2) is 2.30. The molecule has 0 saturated heterocycles. The molecule has 0 bridgehead atoms. The van der Waals surface area contributed by atoms with Gasteiger partial charge in [0.15, 0.2) is 0 Å². The monoisotopic (exact) mass is 182 g/mol. The number of hydrogen-bond donors (Lipinski definition) is 0. The van der Waals surface area contributed by atoms with Crippen LogP contribution in [0.15, 0.2) is 0 Å². The molecule has 1 atom stereocenters. The van der Waals surface area contributed by atoms with Gasteiger partial charge >= 0.3 is 8.08 Å². The summed E-state index contributed by atoms with van der Waals surface area (Å²) in [4.78, 5) is 0. The van der Waals surface area contributed by atoms with Crippen molar-refractivity contribution in [2.45, 2.75) is 0 Å². The Hall–Kier alpha value is 0.680. The van der Waals surface area contributed by atoms with Crippen LogP contribution in [-0.4, -0.2) is 12.6 Å². The molecular formula is Cl2O3S2. The first-order valence-electron chi connectivity index (χ1n) is 0.975. The van der Waals surface area contributed by atoms with E-state index in [0.717, 1.165) is 0 Å². The van der Waals surface area contributed by atoms with E-state index in [4.69, 9.17) is 0 Å². The summed E-state index contributed by atoms with van der Waals surface area (Å²) >= 11 is 0. The van der Waals surface area contributed by atoms with Crippen molar-refractivity contribution in [3.05, 3.63) is 0 Å². The lowest BCUT2D eigenvalue weighted by molar-refractivity contribution is 0.618. The van der Waals surface area contributed by atoms with Crippen LogP contribution in [0.1, 0.15) is 0 Å². The molecule has 0 heterocycles.